The van der Waals surface area contributed by atoms with E-state index in [-0.39, 0.29) is 6.04 Å². The highest BCUT2D eigenvalue weighted by atomic mass is 79.9. The van der Waals surface area contributed by atoms with Crippen molar-refractivity contribution in [1.29, 1.82) is 0 Å². The van der Waals surface area contributed by atoms with E-state index < -0.39 is 0 Å². The third-order valence-corrected chi connectivity index (χ3v) is 3.77. The molecule has 1 unspecified atom stereocenters. The average Bonchev–Trinajstić information content (AvgIpc) is 2.96. The van der Waals surface area contributed by atoms with E-state index in [9.17, 15) is 0 Å². The van der Waals surface area contributed by atoms with Gasteiger partial charge in [-0.25, -0.2) is 15.8 Å². The van der Waals surface area contributed by atoms with Crippen molar-refractivity contribution in [1.82, 2.24) is 14.4 Å². The lowest BCUT2D eigenvalue weighted by Crippen LogP contribution is -2.13. The highest BCUT2D eigenvalue weighted by molar-refractivity contribution is 9.10. The molecule has 2 heterocycles. The van der Waals surface area contributed by atoms with Gasteiger partial charge in [-0.3, -0.25) is 0 Å². The van der Waals surface area contributed by atoms with Crippen LogP contribution in [0.2, 0.25) is 0 Å². The number of hydrogen-bond donors (Lipinski definition) is 3. The number of halogens is 1. The van der Waals surface area contributed by atoms with Crippen molar-refractivity contribution in [2.24, 2.45) is 5.84 Å². The molecule has 3 aromatic rings. The number of hydrogen-bond acceptors (Lipinski definition) is 5. The van der Waals surface area contributed by atoms with Gasteiger partial charge in [0.05, 0.1) is 12.2 Å². The Morgan fingerprint density at radius 2 is 2.05 bits per heavy atom. The summed E-state index contributed by atoms with van der Waals surface area (Å²) in [4.78, 5) is 8.75. The van der Waals surface area contributed by atoms with Gasteiger partial charge in [0.15, 0.2) is 17.3 Å². The number of nitrogens with one attached hydrogen (secondary N) is 2. The Morgan fingerprint density at radius 3 is 2.76 bits per heavy atom. The summed E-state index contributed by atoms with van der Waals surface area (Å²) in [5, 5.41) is 3.38. The standard InChI is InChI=1S/C14H15BrN6/c1-9(10-2-4-11(15)5-3-10)18-13-14-17-6-7-21(14)8-12(19-13)20-16/h2-9,20H,16H2,1H3,(H,18,19). The predicted molar refractivity (Wildman–Crippen MR) is 87.0 cm³/mol. The summed E-state index contributed by atoms with van der Waals surface area (Å²) >= 11 is 3.44. The number of hydrazine groups is 1. The van der Waals surface area contributed by atoms with Crippen LogP contribution in [0.3, 0.4) is 0 Å². The van der Waals surface area contributed by atoms with Crippen LogP contribution in [0, 0.1) is 0 Å². The number of nitrogens with zero attached hydrogens (tertiary/aromatic N) is 3. The molecule has 7 heteroatoms. The third kappa shape index (κ3) is 2.84. The van der Waals surface area contributed by atoms with Gasteiger partial charge < -0.3 is 15.1 Å². The van der Waals surface area contributed by atoms with Crippen LogP contribution < -0.4 is 16.6 Å². The average molecular weight is 347 g/mol. The normalized spacial score (nSPS) is 12.3. The molecule has 0 aliphatic heterocycles. The minimum absolute atomic E-state index is 0.0964. The molecule has 4 N–H and O–H groups in total. The van der Waals surface area contributed by atoms with Crippen molar-refractivity contribution in [3.8, 4) is 0 Å². The molecule has 0 saturated heterocycles. The number of nitrogens with two attached hydrogens (primary N) is 1. The summed E-state index contributed by atoms with van der Waals surface area (Å²) in [6.45, 7) is 2.08. The zero-order valence-electron chi connectivity index (χ0n) is 11.4. The Morgan fingerprint density at radius 1 is 1.29 bits per heavy atom. The largest absolute Gasteiger partial charge is 0.360 e. The van der Waals surface area contributed by atoms with Crippen LogP contribution in [0.5, 0.6) is 0 Å². The van der Waals surface area contributed by atoms with Crippen LogP contribution in [0.4, 0.5) is 11.6 Å². The van der Waals surface area contributed by atoms with Crippen LogP contribution >= 0.6 is 15.9 Å². The third-order valence-electron chi connectivity index (χ3n) is 3.25. The van der Waals surface area contributed by atoms with E-state index in [0.29, 0.717) is 11.6 Å². The number of rotatable bonds is 4. The first-order valence-corrected chi connectivity index (χ1v) is 7.29. The minimum Gasteiger partial charge on any atom is -0.360 e. The number of nitrogen functional groups attached to an aromatic ring is 1. The second-order valence-corrected chi connectivity index (χ2v) is 5.61. The Kier molecular flexibility index (Phi) is 3.76. The van der Waals surface area contributed by atoms with Gasteiger partial charge in [-0.05, 0) is 24.6 Å². The highest BCUT2D eigenvalue weighted by Crippen LogP contribution is 2.23. The molecule has 1 aromatic carbocycles. The molecule has 2 aromatic heterocycles. The van der Waals surface area contributed by atoms with E-state index >= 15 is 0 Å². The van der Waals surface area contributed by atoms with Gasteiger partial charge in [0.25, 0.3) is 0 Å². The molecule has 0 fully saturated rings. The first kappa shape index (κ1) is 13.8. The second kappa shape index (κ2) is 5.71. The first-order valence-electron chi connectivity index (χ1n) is 6.49. The van der Waals surface area contributed by atoms with Gasteiger partial charge in [-0.15, -0.1) is 0 Å². The lowest BCUT2D eigenvalue weighted by Gasteiger charge is -2.16. The Balaban J connectivity index is 1.93. The molecule has 0 saturated carbocycles. The molecule has 108 valence electrons. The molecule has 0 bridgehead atoms. The van der Waals surface area contributed by atoms with E-state index in [0.717, 1.165) is 15.7 Å². The molecule has 0 aliphatic rings. The summed E-state index contributed by atoms with van der Waals surface area (Å²) in [6, 6.07) is 8.26. The van der Waals surface area contributed by atoms with Crippen molar-refractivity contribution in [2.45, 2.75) is 13.0 Å². The molecular weight excluding hydrogens is 332 g/mol. The summed E-state index contributed by atoms with van der Waals surface area (Å²) < 4.78 is 2.93. The number of aromatic nitrogens is 3. The molecule has 6 nitrogen and oxygen atoms in total. The molecule has 3 rings (SSSR count). The van der Waals surface area contributed by atoms with E-state index in [1.807, 2.05) is 22.7 Å². The SMILES string of the molecule is CC(Nc1nc(NN)cn2ccnc12)c1ccc(Br)cc1. The Hall–Kier alpha value is -2.12. The number of imidazole rings is 1. The van der Waals surface area contributed by atoms with E-state index in [2.05, 4.69) is 55.7 Å². The monoisotopic (exact) mass is 346 g/mol. The maximum Gasteiger partial charge on any atom is 0.180 e. The fourth-order valence-electron chi connectivity index (χ4n) is 2.14. The van der Waals surface area contributed by atoms with Crippen molar-refractivity contribution >= 4 is 33.2 Å². The topological polar surface area (TPSA) is 80.3 Å². The van der Waals surface area contributed by atoms with Crippen molar-refractivity contribution in [3.63, 3.8) is 0 Å². The van der Waals surface area contributed by atoms with Gasteiger partial charge in [-0.2, -0.15) is 0 Å². The van der Waals surface area contributed by atoms with Crippen LogP contribution in [-0.4, -0.2) is 14.4 Å². The molecule has 0 amide bonds. The summed E-state index contributed by atoms with van der Waals surface area (Å²) in [6.07, 6.45) is 5.37. The van der Waals surface area contributed by atoms with E-state index in [1.54, 1.807) is 12.4 Å². The maximum atomic E-state index is 5.46. The molecule has 0 spiro atoms. The summed E-state index contributed by atoms with van der Waals surface area (Å²) in [7, 11) is 0. The summed E-state index contributed by atoms with van der Waals surface area (Å²) in [5.41, 5.74) is 4.49. The smallest absolute Gasteiger partial charge is 0.180 e. The number of anilines is 2. The van der Waals surface area contributed by atoms with E-state index in [4.69, 9.17) is 5.84 Å². The van der Waals surface area contributed by atoms with Gasteiger partial charge >= 0.3 is 0 Å². The van der Waals surface area contributed by atoms with Gasteiger partial charge in [0.1, 0.15) is 0 Å². The van der Waals surface area contributed by atoms with Crippen LogP contribution in [0.15, 0.2) is 47.3 Å². The lowest BCUT2D eigenvalue weighted by atomic mass is 10.1. The van der Waals surface area contributed by atoms with Crippen LogP contribution in [-0.2, 0) is 0 Å². The van der Waals surface area contributed by atoms with Crippen molar-refractivity contribution in [3.05, 3.63) is 52.9 Å². The summed E-state index contributed by atoms with van der Waals surface area (Å²) in [5.74, 6) is 6.72. The minimum atomic E-state index is 0.0964. The van der Waals surface area contributed by atoms with Crippen LogP contribution in [0.1, 0.15) is 18.5 Å². The number of benzene rings is 1. The molecule has 21 heavy (non-hydrogen) atoms. The zero-order valence-corrected chi connectivity index (χ0v) is 13.0. The fraction of sp³-hybridized carbons (Fsp3) is 0.143. The quantitative estimate of drug-likeness (QED) is 0.499. The van der Waals surface area contributed by atoms with Gasteiger partial charge in [-0.1, -0.05) is 28.1 Å². The van der Waals surface area contributed by atoms with Gasteiger partial charge in [0.2, 0.25) is 0 Å². The lowest BCUT2D eigenvalue weighted by molar-refractivity contribution is 0.872. The molecule has 1 atom stereocenters. The predicted octanol–water partition coefficient (Wildman–Crippen LogP) is 2.95. The molecule has 0 radical (unpaired) electrons. The second-order valence-electron chi connectivity index (χ2n) is 4.69. The van der Waals surface area contributed by atoms with Crippen molar-refractivity contribution < 1.29 is 0 Å². The Labute approximate surface area is 130 Å². The first-order chi connectivity index (χ1) is 10.2. The molecular formula is C14H15BrN6. The fourth-order valence-corrected chi connectivity index (χ4v) is 2.40. The highest BCUT2D eigenvalue weighted by Gasteiger charge is 2.11. The maximum absolute atomic E-state index is 5.46. The zero-order chi connectivity index (χ0) is 14.8. The Bertz CT molecular complexity index is 752. The number of fused-ring (bicyclic) bond motifs is 1. The van der Waals surface area contributed by atoms with Gasteiger partial charge in [0, 0.05) is 16.9 Å². The van der Waals surface area contributed by atoms with Crippen LogP contribution in [0.25, 0.3) is 5.65 Å². The van der Waals surface area contributed by atoms with E-state index in [1.165, 1.54) is 0 Å². The van der Waals surface area contributed by atoms with Crippen molar-refractivity contribution in [2.75, 3.05) is 10.7 Å². The molecule has 0 aliphatic carbocycles.